The molecule has 5 heteroatoms. The Kier molecular flexibility index (Phi) is 5.52. The summed E-state index contributed by atoms with van der Waals surface area (Å²) in [5.41, 5.74) is 1.07. The number of hydrogen-bond acceptors (Lipinski definition) is 4. The highest BCUT2D eigenvalue weighted by Crippen LogP contribution is 2.36. The molecule has 0 amide bonds. The first kappa shape index (κ1) is 15.4. The predicted molar refractivity (Wildman–Crippen MR) is 82.2 cm³/mol. The molecule has 0 N–H and O–H groups in total. The number of aryl methyl sites for hydroxylation is 1. The number of likely N-dealkylation sites (N-methyl/N-ethyl adjacent to an activating group) is 1. The minimum absolute atomic E-state index is 0.611. The quantitative estimate of drug-likeness (QED) is 0.833. The van der Waals surface area contributed by atoms with Crippen LogP contribution >= 0.6 is 11.6 Å². The topological polar surface area (TPSA) is 24.9 Å². The first-order valence-corrected chi connectivity index (χ1v) is 7.36. The molecule has 0 atom stereocenters. The first-order valence-electron chi connectivity index (χ1n) is 6.98. The van der Waals surface area contributed by atoms with E-state index in [1.807, 2.05) is 19.1 Å². The van der Waals surface area contributed by atoms with Crippen LogP contribution in [-0.4, -0.2) is 63.3 Å². The summed E-state index contributed by atoms with van der Waals surface area (Å²) in [4.78, 5) is 4.76. The molecule has 0 saturated carbocycles. The summed E-state index contributed by atoms with van der Waals surface area (Å²) in [6.45, 7) is 7.97. The molecule has 0 aromatic heterocycles. The van der Waals surface area contributed by atoms with Crippen molar-refractivity contribution in [1.29, 1.82) is 0 Å². The van der Waals surface area contributed by atoms with Crippen molar-refractivity contribution in [2.45, 2.75) is 6.92 Å². The Morgan fingerprint density at radius 1 is 1.20 bits per heavy atom. The van der Waals surface area contributed by atoms with E-state index in [-0.39, 0.29) is 0 Å². The van der Waals surface area contributed by atoms with Crippen LogP contribution < -0.4 is 9.47 Å². The Morgan fingerprint density at radius 3 is 2.55 bits per heavy atom. The van der Waals surface area contributed by atoms with Gasteiger partial charge in [-0.1, -0.05) is 11.6 Å². The Morgan fingerprint density at radius 2 is 1.90 bits per heavy atom. The number of halogens is 1. The SMILES string of the molecule is COc1cc(C)cc(Cl)c1OCCN1CCN(C)CC1. The fourth-order valence-corrected chi connectivity index (χ4v) is 2.66. The van der Waals surface area contributed by atoms with Gasteiger partial charge >= 0.3 is 0 Å². The molecule has 0 bridgehead atoms. The summed E-state index contributed by atoms with van der Waals surface area (Å²) in [7, 11) is 3.79. The maximum absolute atomic E-state index is 6.23. The summed E-state index contributed by atoms with van der Waals surface area (Å²) >= 11 is 6.23. The lowest BCUT2D eigenvalue weighted by atomic mass is 10.2. The monoisotopic (exact) mass is 298 g/mol. The van der Waals surface area contributed by atoms with Crippen molar-refractivity contribution in [3.05, 3.63) is 22.7 Å². The smallest absolute Gasteiger partial charge is 0.179 e. The highest BCUT2D eigenvalue weighted by atomic mass is 35.5. The number of rotatable bonds is 5. The standard InChI is InChI=1S/C15H23ClN2O2/c1-12-10-13(16)15(14(11-12)19-3)20-9-8-18-6-4-17(2)5-7-18/h10-11H,4-9H2,1-3H3. The van der Waals surface area contributed by atoms with Gasteiger partial charge in [-0.25, -0.2) is 0 Å². The van der Waals surface area contributed by atoms with Gasteiger partial charge in [-0.3, -0.25) is 4.90 Å². The van der Waals surface area contributed by atoms with E-state index in [0.717, 1.165) is 38.3 Å². The average Bonchev–Trinajstić information content (AvgIpc) is 2.42. The van der Waals surface area contributed by atoms with Crippen LogP contribution in [0.1, 0.15) is 5.56 Å². The maximum Gasteiger partial charge on any atom is 0.179 e. The highest BCUT2D eigenvalue weighted by molar-refractivity contribution is 6.32. The van der Waals surface area contributed by atoms with Crippen LogP contribution in [0.4, 0.5) is 0 Å². The summed E-state index contributed by atoms with van der Waals surface area (Å²) in [6, 6.07) is 3.84. The van der Waals surface area contributed by atoms with Gasteiger partial charge in [-0.05, 0) is 31.7 Å². The normalized spacial score (nSPS) is 17.2. The van der Waals surface area contributed by atoms with E-state index in [0.29, 0.717) is 23.1 Å². The lowest BCUT2D eigenvalue weighted by Gasteiger charge is -2.32. The number of methoxy groups -OCH3 is 1. The van der Waals surface area contributed by atoms with Crippen molar-refractivity contribution in [3.63, 3.8) is 0 Å². The van der Waals surface area contributed by atoms with Crippen LogP contribution in [0.5, 0.6) is 11.5 Å². The second-order valence-corrected chi connectivity index (χ2v) is 5.68. The number of benzene rings is 1. The lowest BCUT2D eigenvalue weighted by molar-refractivity contribution is 0.133. The molecule has 1 aliphatic rings. The van der Waals surface area contributed by atoms with Crippen LogP contribution in [0, 0.1) is 6.92 Å². The second kappa shape index (κ2) is 7.16. The third kappa shape index (κ3) is 4.01. The van der Waals surface area contributed by atoms with E-state index >= 15 is 0 Å². The number of hydrogen-bond donors (Lipinski definition) is 0. The molecular weight excluding hydrogens is 276 g/mol. The molecule has 0 spiro atoms. The number of nitrogens with zero attached hydrogens (tertiary/aromatic N) is 2. The molecular formula is C15H23ClN2O2. The third-order valence-corrected chi connectivity index (χ3v) is 3.90. The van der Waals surface area contributed by atoms with Crippen molar-refractivity contribution in [2.75, 3.05) is 53.5 Å². The molecule has 1 aromatic carbocycles. The molecule has 4 nitrogen and oxygen atoms in total. The minimum atomic E-state index is 0.611. The predicted octanol–water partition coefficient (Wildman–Crippen LogP) is 2.28. The lowest BCUT2D eigenvalue weighted by Crippen LogP contribution is -2.45. The van der Waals surface area contributed by atoms with Gasteiger partial charge in [0.25, 0.3) is 0 Å². The summed E-state index contributed by atoms with van der Waals surface area (Å²) < 4.78 is 11.2. The van der Waals surface area contributed by atoms with E-state index < -0.39 is 0 Å². The zero-order valence-corrected chi connectivity index (χ0v) is 13.2. The Bertz CT molecular complexity index is 446. The number of ether oxygens (including phenoxy) is 2. The van der Waals surface area contributed by atoms with Gasteiger partial charge in [0, 0.05) is 32.7 Å². The summed E-state index contributed by atoms with van der Waals surface area (Å²) in [5, 5.41) is 0.611. The van der Waals surface area contributed by atoms with Gasteiger partial charge < -0.3 is 14.4 Å². The van der Waals surface area contributed by atoms with Gasteiger partial charge in [0.1, 0.15) is 6.61 Å². The van der Waals surface area contributed by atoms with Gasteiger partial charge in [0.05, 0.1) is 12.1 Å². The van der Waals surface area contributed by atoms with Gasteiger partial charge in [0.15, 0.2) is 11.5 Å². The molecule has 1 saturated heterocycles. The fraction of sp³-hybridized carbons (Fsp3) is 0.600. The Hall–Kier alpha value is -0.970. The third-order valence-electron chi connectivity index (χ3n) is 3.62. The highest BCUT2D eigenvalue weighted by Gasteiger charge is 2.15. The Balaban J connectivity index is 1.88. The van der Waals surface area contributed by atoms with E-state index in [9.17, 15) is 0 Å². The molecule has 1 aliphatic heterocycles. The van der Waals surface area contributed by atoms with Crippen molar-refractivity contribution in [3.8, 4) is 11.5 Å². The molecule has 0 unspecified atom stereocenters. The van der Waals surface area contributed by atoms with Crippen molar-refractivity contribution >= 4 is 11.6 Å². The molecule has 0 aliphatic carbocycles. The molecule has 1 heterocycles. The maximum atomic E-state index is 6.23. The first-order chi connectivity index (χ1) is 9.60. The molecule has 1 aromatic rings. The zero-order valence-electron chi connectivity index (χ0n) is 12.5. The van der Waals surface area contributed by atoms with Crippen molar-refractivity contribution in [1.82, 2.24) is 9.80 Å². The van der Waals surface area contributed by atoms with Crippen LogP contribution in [0.2, 0.25) is 5.02 Å². The van der Waals surface area contributed by atoms with Crippen LogP contribution in [0.3, 0.4) is 0 Å². The van der Waals surface area contributed by atoms with E-state index in [1.165, 1.54) is 0 Å². The second-order valence-electron chi connectivity index (χ2n) is 5.27. The van der Waals surface area contributed by atoms with Crippen molar-refractivity contribution < 1.29 is 9.47 Å². The average molecular weight is 299 g/mol. The van der Waals surface area contributed by atoms with E-state index in [4.69, 9.17) is 21.1 Å². The van der Waals surface area contributed by atoms with Crippen molar-refractivity contribution in [2.24, 2.45) is 0 Å². The molecule has 1 fully saturated rings. The summed E-state index contributed by atoms with van der Waals surface area (Å²) in [6.07, 6.45) is 0. The van der Waals surface area contributed by atoms with Crippen LogP contribution in [-0.2, 0) is 0 Å². The van der Waals surface area contributed by atoms with Gasteiger partial charge in [-0.15, -0.1) is 0 Å². The molecule has 20 heavy (non-hydrogen) atoms. The fourth-order valence-electron chi connectivity index (χ4n) is 2.34. The zero-order chi connectivity index (χ0) is 14.5. The number of piperazine rings is 1. The van der Waals surface area contributed by atoms with E-state index in [2.05, 4.69) is 16.8 Å². The van der Waals surface area contributed by atoms with Gasteiger partial charge in [-0.2, -0.15) is 0 Å². The molecule has 0 radical (unpaired) electrons. The molecule has 2 rings (SSSR count). The minimum Gasteiger partial charge on any atom is -0.493 e. The van der Waals surface area contributed by atoms with E-state index in [1.54, 1.807) is 7.11 Å². The molecule has 112 valence electrons. The van der Waals surface area contributed by atoms with Crippen LogP contribution in [0.15, 0.2) is 12.1 Å². The Labute approximate surface area is 126 Å². The summed E-state index contributed by atoms with van der Waals surface area (Å²) in [5.74, 6) is 1.35. The largest absolute Gasteiger partial charge is 0.493 e. The van der Waals surface area contributed by atoms with Crippen LogP contribution in [0.25, 0.3) is 0 Å². The van der Waals surface area contributed by atoms with Gasteiger partial charge in [0.2, 0.25) is 0 Å².